The van der Waals surface area contributed by atoms with Gasteiger partial charge in [0.2, 0.25) is 5.78 Å². The first-order valence-corrected chi connectivity index (χ1v) is 13.2. The Hall–Kier alpha value is -3.14. The molecule has 4 unspecified atom stereocenters. The highest BCUT2D eigenvalue weighted by Crippen LogP contribution is 2.53. The molecule has 1 fully saturated rings. The van der Waals surface area contributed by atoms with Crippen molar-refractivity contribution in [2.75, 3.05) is 28.4 Å². The maximum absolute atomic E-state index is 13.7. The summed E-state index contributed by atoms with van der Waals surface area (Å²) in [5.41, 5.74) is -3.44. The second-order valence-corrected chi connectivity index (χ2v) is 10.8. The summed E-state index contributed by atoms with van der Waals surface area (Å²) >= 11 is 0. The highest BCUT2D eigenvalue weighted by Gasteiger charge is 2.56. The lowest BCUT2D eigenvalue weighted by Gasteiger charge is -2.49. The number of phenolic OH excluding ortho intramolecular Hbond substituents is 2. The SMILES string of the molecule is COc1cc(O)c2c(c1)C(=O)c1cc3c(c(O)c1C2=O)C(O[C@@H]1O[C@@H](C)[C@H](OC)[C@@H](O)[C@H]1OC)C(OC)C(C)(O)C3O. The van der Waals surface area contributed by atoms with E-state index in [-0.39, 0.29) is 33.6 Å². The number of aliphatic hydroxyl groups excluding tert-OH is 2. The van der Waals surface area contributed by atoms with Crippen molar-refractivity contribution in [3.63, 3.8) is 0 Å². The zero-order chi connectivity index (χ0) is 30.8. The summed E-state index contributed by atoms with van der Waals surface area (Å²) in [4.78, 5) is 27.3. The van der Waals surface area contributed by atoms with Gasteiger partial charge in [0.05, 0.1) is 24.3 Å². The van der Waals surface area contributed by atoms with Crippen LogP contribution in [0.15, 0.2) is 18.2 Å². The zero-order valence-electron chi connectivity index (χ0n) is 23.9. The normalized spacial score (nSPS) is 34.0. The predicted octanol–water partition coefficient (Wildman–Crippen LogP) is 0.888. The number of carbonyl (C=O) groups is 2. The Morgan fingerprint density at radius 2 is 1.52 bits per heavy atom. The first-order chi connectivity index (χ1) is 19.8. The van der Waals surface area contributed by atoms with Crippen LogP contribution in [-0.2, 0) is 23.7 Å². The first kappa shape index (κ1) is 30.3. The Labute approximate surface area is 241 Å². The van der Waals surface area contributed by atoms with Crippen LogP contribution in [0.3, 0.4) is 0 Å². The molecule has 13 heteroatoms. The number of rotatable bonds is 6. The number of methoxy groups -OCH3 is 4. The van der Waals surface area contributed by atoms with E-state index < -0.39 is 83.2 Å². The van der Waals surface area contributed by atoms with Crippen LogP contribution in [0, 0.1) is 0 Å². The molecule has 3 aliphatic rings. The third-order valence-electron chi connectivity index (χ3n) is 8.46. The molecule has 5 rings (SSSR count). The Bertz CT molecular complexity index is 1420. The second-order valence-electron chi connectivity index (χ2n) is 10.8. The van der Waals surface area contributed by atoms with Crippen LogP contribution in [0.4, 0.5) is 0 Å². The Balaban J connectivity index is 1.69. The number of ketones is 2. The van der Waals surface area contributed by atoms with E-state index in [4.69, 9.17) is 28.4 Å². The van der Waals surface area contributed by atoms with E-state index in [2.05, 4.69) is 0 Å². The molecule has 2 aromatic carbocycles. The summed E-state index contributed by atoms with van der Waals surface area (Å²) in [6, 6.07) is 3.67. The molecule has 0 amide bonds. The average molecular weight is 591 g/mol. The molecular formula is C29H34O13. The van der Waals surface area contributed by atoms with Crippen LogP contribution in [0.5, 0.6) is 17.2 Å². The Kier molecular flexibility index (Phi) is 7.83. The summed E-state index contributed by atoms with van der Waals surface area (Å²) in [5.74, 6) is -2.68. The molecule has 2 aromatic rings. The van der Waals surface area contributed by atoms with Gasteiger partial charge in [-0.2, -0.15) is 0 Å². The Morgan fingerprint density at radius 1 is 0.881 bits per heavy atom. The lowest BCUT2D eigenvalue weighted by atomic mass is 9.71. The fraction of sp³-hybridized carbons (Fsp3) is 0.517. The van der Waals surface area contributed by atoms with Crippen molar-refractivity contribution in [1.29, 1.82) is 0 Å². The van der Waals surface area contributed by atoms with Crippen molar-refractivity contribution >= 4 is 11.6 Å². The number of fused-ring (bicyclic) bond motifs is 3. The summed E-state index contributed by atoms with van der Waals surface area (Å²) in [6.07, 6.45) is -9.48. The smallest absolute Gasteiger partial charge is 0.201 e. The zero-order valence-corrected chi connectivity index (χ0v) is 23.9. The number of aliphatic hydroxyl groups is 3. The molecule has 9 atom stereocenters. The van der Waals surface area contributed by atoms with E-state index in [1.165, 1.54) is 53.6 Å². The number of hydrogen-bond donors (Lipinski definition) is 5. The van der Waals surface area contributed by atoms with Gasteiger partial charge in [-0.1, -0.05) is 0 Å². The molecule has 42 heavy (non-hydrogen) atoms. The van der Waals surface area contributed by atoms with Gasteiger partial charge in [-0.05, 0) is 31.5 Å². The maximum atomic E-state index is 13.7. The summed E-state index contributed by atoms with van der Waals surface area (Å²) in [6.45, 7) is 2.94. The van der Waals surface area contributed by atoms with Crippen LogP contribution in [-0.4, -0.2) is 108 Å². The third-order valence-corrected chi connectivity index (χ3v) is 8.46. The molecule has 228 valence electrons. The molecule has 0 spiro atoms. The topological polar surface area (TPSA) is 191 Å². The highest BCUT2D eigenvalue weighted by atomic mass is 16.7. The molecule has 2 aliphatic carbocycles. The van der Waals surface area contributed by atoms with Crippen molar-refractivity contribution in [3.05, 3.63) is 51.6 Å². The van der Waals surface area contributed by atoms with Crippen molar-refractivity contribution in [1.82, 2.24) is 0 Å². The van der Waals surface area contributed by atoms with Gasteiger partial charge in [-0.15, -0.1) is 0 Å². The van der Waals surface area contributed by atoms with E-state index in [1.807, 2.05) is 0 Å². The second kappa shape index (κ2) is 10.8. The number of ether oxygens (including phenoxy) is 6. The largest absolute Gasteiger partial charge is 0.507 e. The van der Waals surface area contributed by atoms with Crippen molar-refractivity contribution in [3.8, 4) is 17.2 Å². The lowest BCUT2D eigenvalue weighted by Crippen LogP contribution is -2.60. The van der Waals surface area contributed by atoms with Gasteiger partial charge in [0, 0.05) is 44.1 Å². The van der Waals surface area contributed by atoms with Gasteiger partial charge < -0.3 is 54.0 Å². The third kappa shape index (κ3) is 4.31. The van der Waals surface area contributed by atoms with Crippen LogP contribution < -0.4 is 4.74 Å². The first-order valence-electron chi connectivity index (χ1n) is 13.2. The van der Waals surface area contributed by atoms with Crippen molar-refractivity contribution < 1.29 is 63.5 Å². The van der Waals surface area contributed by atoms with Gasteiger partial charge >= 0.3 is 0 Å². The summed E-state index contributed by atoms with van der Waals surface area (Å²) in [7, 11) is 5.32. The summed E-state index contributed by atoms with van der Waals surface area (Å²) < 4.78 is 33.7. The van der Waals surface area contributed by atoms with E-state index in [9.17, 15) is 35.1 Å². The molecule has 13 nitrogen and oxygen atoms in total. The predicted molar refractivity (Wildman–Crippen MR) is 142 cm³/mol. The highest BCUT2D eigenvalue weighted by molar-refractivity contribution is 6.30. The van der Waals surface area contributed by atoms with Crippen LogP contribution >= 0.6 is 0 Å². The fourth-order valence-electron chi connectivity index (χ4n) is 6.30. The van der Waals surface area contributed by atoms with Gasteiger partial charge in [0.1, 0.15) is 59.5 Å². The monoisotopic (exact) mass is 590 g/mol. The number of aromatic hydroxyl groups is 2. The van der Waals surface area contributed by atoms with Gasteiger partial charge in [0.15, 0.2) is 12.1 Å². The number of phenols is 2. The minimum atomic E-state index is -2.04. The molecular weight excluding hydrogens is 556 g/mol. The molecule has 5 N–H and O–H groups in total. The lowest BCUT2D eigenvalue weighted by molar-refractivity contribution is -0.329. The van der Waals surface area contributed by atoms with E-state index in [0.29, 0.717) is 0 Å². The fourth-order valence-corrected chi connectivity index (χ4v) is 6.30. The quantitative estimate of drug-likeness (QED) is 0.272. The standard InChI is InChI=1S/C29H34O13/c1-10-23(38-4)22(34)25(39-5)28(41-10)42-24-18-14(26(35)29(2,36)27(24)40-6)9-13-17(21(18)33)20(32)16-12(19(13)31)7-11(37-3)8-15(16)30/h7-10,22-28,30,33-36H,1-6H3/t10-,22+,23-,24?,25+,26?,27?,28-,29?/m0/s1. The Morgan fingerprint density at radius 3 is 2.12 bits per heavy atom. The van der Waals surface area contributed by atoms with Crippen molar-refractivity contribution in [2.24, 2.45) is 0 Å². The van der Waals surface area contributed by atoms with E-state index >= 15 is 0 Å². The molecule has 1 heterocycles. The van der Waals surface area contributed by atoms with E-state index in [1.54, 1.807) is 6.92 Å². The number of hydrogen-bond acceptors (Lipinski definition) is 13. The van der Waals surface area contributed by atoms with Gasteiger partial charge in [-0.25, -0.2) is 0 Å². The molecule has 0 radical (unpaired) electrons. The molecule has 0 aromatic heterocycles. The number of carbonyl (C=O) groups excluding carboxylic acids is 2. The molecule has 0 bridgehead atoms. The molecule has 0 saturated carbocycles. The average Bonchev–Trinajstić information content (AvgIpc) is 2.94. The van der Waals surface area contributed by atoms with Gasteiger partial charge in [-0.3, -0.25) is 9.59 Å². The molecule has 1 aliphatic heterocycles. The maximum Gasteiger partial charge on any atom is 0.201 e. The van der Waals surface area contributed by atoms with Gasteiger partial charge in [0.25, 0.3) is 0 Å². The van der Waals surface area contributed by atoms with E-state index in [0.717, 1.165) is 0 Å². The summed E-state index contributed by atoms with van der Waals surface area (Å²) in [5, 5.41) is 55.9. The minimum absolute atomic E-state index is 0.0978. The van der Waals surface area contributed by atoms with Crippen LogP contribution in [0.25, 0.3) is 0 Å². The van der Waals surface area contributed by atoms with Crippen molar-refractivity contribution in [2.45, 2.75) is 68.5 Å². The number of benzene rings is 2. The van der Waals surface area contributed by atoms with Crippen LogP contribution in [0.1, 0.15) is 69.0 Å². The van der Waals surface area contributed by atoms with Crippen LogP contribution in [0.2, 0.25) is 0 Å². The minimum Gasteiger partial charge on any atom is -0.507 e. The molecule has 1 saturated heterocycles.